The molecule has 0 aliphatic carbocycles. The van der Waals surface area contributed by atoms with E-state index in [4.69, 9.17) is 9.47 Å². The topological polar surface area (TPSA) is 88.4 Å². The Labute approximate surface area is 199 Å². The average Bonchev–Trinajstić information content (AvgIpc) is 2.88. The molecule has 0 heterocycles. The van der Waals surface area contributed by atoms with E-state index in [0.717, 1.165) is 24.0 Å². The van der Waals surface area contributed by atoms with Crippen LogP contribution >= 0.6 is 0 Å². The summed E-state index contributed by atoms with van der Waals surface area (Å²) in [6, 6.07) is 23.8. The van der Waals surface area contributed by atoms with Crippen molar-refractivity contribution in [2.45, 2.75) is 19.8 Å². The monoisotopic (exact) mass is 454 g/mol. The van der Waals surface area contributed by atoms with Gasteiger partial charge in [0.25, 0.3) is 5.91 Å². The minimum Gasteiger partial charge on any atom is -0.493 e. The number of carbonyl (C=O) groups excluding carboxylic acids is 2. The SMILES string of the molecule is CCCCNC(=O)/C(C#N)=C/c1ccc(OC(=O)c2ccc(-c3ccccc3)cc2)c(OC)c1. The number of hydrogen-bond donors (Lipinski definition) is 1. The third kappa shape index (κ3) is 6.33. The Bertz CT molecular complexity index is 1210. The molecule has 0 bridgehead atoms. The fraction of sp³-hybridized carbons (Fsp3) is 0.179. The van der Waals surface area contributed by atoms with E-state index in [9.17, 15) is 14.9 Å². The molecule has 0 radical (unpaired) electrons. The Morgan fingerprint density at radius 3 is 2.32 bits per heavy atom. The van der Waals surface area contributed by atoms with Crippen molar-refractivity contribution in [2.24, 2.45) is 0 Å². The first-order valence-electron chi connectivity index (χ1n) is 11.0. The molecule has 1 N–H and O–H groups in total. The Morgan fingerprint density at radius 2 is 1.68 bits per heavy atom. The average molecular weight is 455 g/mol. The molecule has 3 aromatic rings. The summed E-state index contributed by atoms with van der Waals surface area (Å²) in [6.45, 7) is 2.53. The first kappa shape index (κ1) is 24.3. The number of hydrogen-bond acceptors (Lipinski definition) is 5. The van der Waals surface area contributed by atoms with Gasteiger partial charge in [0.05, 0.1) is 12.7 Å². The van der Waals surface area contributed by atoms with Crippen molar-refractivity contribution in [1.29, 1.82) is 5.26 Å². The van der Waals surface area contributed by atoms with Gasteiger partial charge in [-0.3, -0.25) is 4.79 Å². The van der Waals surface area contributed by atoms with E-state index in [1.807, 2.05) is 55.5 Å². The highest BCUT2D eigenvalue weighted by Gasteiger charge is 2.14. The van der Waals surface area contributed by atoms with Crippen LogP contribution in [0.5, 0.6) is 11.5 Å². The molecule has 34 heavy (non-hydrogen) atoms. The summed E-state index contributed by atoms with van der Waals surface area (Å²) >= 11 is 0. The molecule has 0 atom stereocenters. The van der Waals surface area contributed by atoms with E-state index in [1.165, 1.54) is 13.2 Å². The maximum absolute atomic E-state index is 12.7. The number of amides is 1. The smallest absolute Gasteiger partial charge is 0.343 e. The molecule has 0 aliphatic rings. The van der Waals surface area contributed by atoms with Crippen molar-refractivity contribution in [3.63, 3.8) is 0 Å². The first-order chi connectivity index (χ1) is 16.5. The predicted octanol–water partition coefficient (Wildman–Crippen LogP) is 5.40. The maximum atomic E-state index is 12.7. The van der Waals surface area contributed by atoms with Gasteiger partial charge in [0.15, 0.2) is 11.5 Å². The highest BCUT2D eigenvalue weighted by molar-refractivity contribution is 6.01. The van der Waals surface area contributed by atoms with Crippen molar-refractivity contribution in [3.05, 3.63) is 89.5 Å². The summed E-state index contributed by atoms with van der Waals surface area (Å²) in [6.07, 6.45) is 3.26. The number of benzene rings is 3. The Hall–Kier alpha value is -4.37. The minimum absolute atomic E-state index is 0.0126. The van der Waals surface area contributed by atoms with Gasteiger partial charge in [0, 0.05) is 6.54 Å². The Morgan fingerprint density at radius 1 is 0.971 bits per heavy atom. The quantitative estimate of drug-likeness (QED) is 0.154. The standard InChI is InChI=1S/C28H26N2O4/c1-3-4-16-30-27(31)24(19-29)17-20-10-15-25(26(18-20)33-2)34-28(32)23-13-11-22(12-14-23)21-8-6-5-7-9-21/h5-15,17-18H,3-4,16H2,1-2H3,(H,30,31)/b24-17+. The number of rotatable bonds is 9. The highest BCUT2D eigenvalue weighted by atomic mass is 16.6. The molecule has 6 nitrogen and oxygen atoms in total. The molecule has 3 aromatic carbocycles. The number of methoxy groups -OCH3 is 1. The summed E-state index contributed by atoms with van der Waals surface area (Å²) in [5.74, 6) is -0.395. The third-order valence-corrected chi connectivity index (χ3v) is 5.11. The minimum atomic E-state index is -0.519. The van der Waals surface area contributed by atoms with Crippen molar-refractivity contribution >= 4 is 18.0 Å². The van der Waals surface area contributed by atoms with Gasteiger partial charge in [-0.2, -0.15) is 5.26 Å². The lowest BCUT2D eigenvalue weighted by molar-refractivity contribution is -0.117. The van der Waals surface area contributed by atoms with Crippen molar-refractivity contribution in [1.82, 2.24) is 5.32 Å². The molecule has 6 heteroatoms. The van der Waals surface area contributed by atoms with E-state index >= 15 is 0 Å². The van der Waals surface area contributed by atoms with Gasteiger partial charge < -0.3 is 14.8 Å². The number of carbonyl (C=O) groups is 2. The van der Waals surface area contributed by atoms with Gasteiger partial charge in [0.2, 0.25) is 0 Å². The van der Waals surface area contributed by atoms with E-state index in [-0.39, 0.29) is 11.3 Å². The summed E-state index contributed by atoms with van der Waals surface area (Å²) in [7, 11) is 1.46. The van der Waals surface area contributed by atoms with Crippen LogP contribution in [0, 0.1) is 11.3 Å². The normalized spacial score (nSPS) is 10.8. The van der Waals surface area contributed by atoms with Crippen LogP contribution in [0.2, 0.25) is 0 Å². The van der Waals surface area contributed by atoms with Crippen LogP contribution in [-0.4, -0.2) is 25.5 Å². The van der Waals surface area contributed by atoms with Gasteiger partial charge in [-0.15, -0.1) is 0 Å². The van der Waals surface area contributed by atoms with Crippen molar-refractivity contribution in [3.8, 4) is 28.7 Å². The largest absolute Gasteiger partial charge is 0.493 e. The number of nitrogens with zero attached hydrogens (tertiary/aromatic N) is 1. The van der Waals surface area contributed by atoms with Crippen molar-refractivity contribution < 1.29 is 19.1 Å². The zero-order valence-electron chi connectivity index (χ0n) is 19.2. The predicted molar refractivity (Wildman–Crippen MR) is 131 cm³/mol. The van der Waals surface area contributed by atoms with Crippen LogP contribution in [0.3, 0.4) is 0 Å². The highest BCUT2D eigenvalue weighted by Crippen LogP contribution is 2.30. The van der Waals surface area contributed by atoms with E-state index < -0.39 is 11.9 Å². The molecule has 0 saturated carbocycles. The second kappa shape index (κ2) is 12.0. The van der Waals surface area contributed by atoms with Crippen LogP contribution in [0.25, 0.3) is 17.2 Å². The van der Waals surface area contributed by atoms with Gasteiger partial charge in [-0.05, 0) is 53.5 Å². The summed E-state index contributed by atoms with van der Waals surface area (Å²) in [5.41, 5.74) is 3.02. The zero-order chi connectivity index (χ0) is 24.3. The molecular formula is C28H26N2O4. The molecule has 0 spiro atoms. The summed E-state index contributed by atoms with van der Waals surface area (Å²) in [5, 5.41) is 12.1. The van der Waals surface area contributed by atoms with Crippen LogP contribution < -0.4 is 14.8 Å². The number of ether oxygens (including phenoxy) is 2. The molecule has 0 saturated heterocycles. The molecular weight excluding hydrogens is 428 g/mol. The molecule has 172 valence electrons. The van der Waals surface area contributed by atoms with Gasteiger partial charge in [0.1, 0.15) is 11.6 Å². The summed E-state index contributed by atoms with van der Waals surface area (Å²) in [4.78, 5) is 24.9. The number of nitrogens with one attached hydrogen (secondary N) is 1. The van der Waals surface area contributed by atoms with Gasteiger partial charge in [-0.25, -0.2) is 4.79 Å². The van der Waals surface area contributed by atoms with Crippen LogP contribution in [0.15, 0.2) is 78.4 Å². The lowest BCUT2D eigenvalue weighted by Crippen LogP contribution is -2.25. The van der Waals surface area contributed by atoms with Gasteiger partial charge >= 0.3 is 5.97 Å². The van der Waals surface area contributed by atoms with Gasteiger partial charge in [-0.1, -0.05) is 61.9 Å². The molecule has 1 amide bonds. The number of nitriles is 1. The lowest BCUT2D eigenvalue weighted by atomic mass is 10.0. The van der Waals surface area contributed by atoms with E-state index in [2.05, 4.69) is 5.32 Å². The fourth-order valence-electron chi connectivity index (χ4n) is 3.24. The third-order valence-electron chi connectivity index (χ3n) is 5.11. The number of esters is 1. The fourth-order valence-corrected chi connectivity index (χ4v) is 3.24. The first-order valence-corrected chi connectivity index (χ1v) is 11.0. The molecule has 0 aromatic heterocycles. The molecule has 0 unspecified atom stereocenters. The summed E-state index contributed by atoms with van der Waals surface area (Å²) < 4.78 is 10.9. The van der Waals surface area contributed by atoms with Crippen LogP contribution in [0.4, 0.5) is 0 Å². The van der Waals surface area contributed by atoms with E-state index in [0.29, 0.717) is 23.4 Å². The Kier molecular flexibility index (Phi) is 8.59. The Balaban J connectivity index is 1.73. The van der Waals surface area contributed by atoms with Crippen LogP contribution in [0.1, 0.15) is 35.7 Å². The number of unbranched alkanes of at least 4 members (excludes halogenated alkanes) is 1. The maximum Gasteiger partial charge on any atom is 0.343 e. The zero-order valence-corrected chi connectivity index (χ0v) is 19.2. The van der Waals surface area contributed by atoms with Crippen molar-refractivity contribution in [2.75, 3.05) is 13.7 Å². The molecule has 0 aliphatic heterocycles. The second-order valence-corrected chi connectivity index (χ2v) is 7.52. The second-order valence-electron chi connectivity index (χ2n) is 7.52. The molecule has 3 rings (SSSR count). The van der Waals surface area contributed by atoms with E-state index in [1.54, 1.807) is 30.3 Å². The molecule has 0 fully saturated rings. The van der Waals surface area contributed by atoms with Crippen LogP contribution in [-0.2, 0) is 4.79 Å². The lowest BCUT2D eigenvalue weighted by Gasteiger charge is -2.11.